The highest BCUT2D eigenvalue weighted by atomic mass is 32.2. The fraction of sp³-hybridized carbons (Fsp3) is 0.231. The van der Waals surface area contributed by atoms with E-state index in [1.807, 2.05) is 0 Å². The van der Waals surface area contributed by atoms with Crippen molar-refractivity contribution in [3.05, 3.63) is 29.8 Å². The minimum absolute atomic E-state index is 0.366. The second-order valence-electron chi connectivity index (χ2n) is 4.94. The summed E-state index contributed by atoms with van der Waals surface area (Å²) in [5, 5.41) is -0.366. The maximum Gasteiger partial charge on any atom is 0.474 e. The number of benzene rings is 1. The third kappa shape index (κ3) is 3.83. The van der Waals surface area contributed by atoms with Gasteiger partial charge in [0.25, 0.3) is 0 Å². The van der Waals surface area contributed by atoms with Crippen LogP contribution in [0.1, 0.15) is 5.56 Å². The van der Waals surface area contributed by atoms with Gasteiger partial charge in [0.2, 0.25) is 0 Å². The summed E-state index contributed by atoms with van der Waals surface area (Å²) in [6.07, 6.45) is -9.50. The molecule has 0 spiro atoms. The van der Waals surface area contributed by atoms with E-state index in [9.17, 15) is 35.3 Å². The third-order valence-electron chi connectivity index (χ3n) is 3.03. The summed E-state index contributed by atoms with van der Waals surface area (Å²) < 4.78 is 91.4. The first-order chi connectivity index (χ1) is 11.2. The van der Waals surface area contributed by atoms with Crippen LogP contribution in [0.25, 0.3) is 10.9 Å². The highest BCUT2D eigenvalue weighted by molar-refractivity contribution is 7.93. The molecule has 0 saturated heterocycles. The van der Waals surface area contributed by atoms with Crippen molar-refractivity contribution in [3.63, 3.8) is 0 Å². The number of aromatic nitrogens is 1. The molecule has 0 bridgehead atoms. The molecule has 5 nitrogen and oxygen atoms in total. The first kappa shape index (κ1) is 19.0. The maximum atomic E-state index is 13.1. The number of carbonyl (C=O) groups excluding carboxylic acids is 1. The highest BCUT2D eigenvalue weighted by Gasteiger charge is 2.40. The molecule has 2 rings (SSSR count). The molecule has 1 unspecified atom stereocenters. The van der Waals surface area contributed by atoms with Gasteiger partial charge >= 0.3 is 18.3 Å². The summed E-state index contributed by atoms with van der Waals surface area (Å²) in [6.45, 7) is 0. The largest absolute Gasteiger partial charge is 0.474 e. The molecular weight excluding hydrogens is 376 g/mol. The zero-order valence-corrected chi connectivity index (χ0v) is 13.1. The molecule has 136 valence electrons. The molecule has 0 radical (unpaired) electrons. The van der Waals surface area contributed by atoms with Crippen LogP contribution in [0.5, 0.6) is 0 Å². The van der Waals surface area contributed by atoms with Crippen molar-refractivity contribution < 1.29 is 35.3 Å². The Bertz CT molecular complexity index is 974. The Morgan fingerprint density at radius 1 is 1.20 bits per heavy atom. The van der Waals surface area contributed by atoms with Gasteiger partial charge in [-0.15, -0.1) is 4.36 Å². The molecule has 1 amide bonds. The van der Waals surface area contributed by atoms with Gasteiger partial charge in [0.1, 0.15) is 5.82 Å². The molecule has 0 saturated carbocycles. The molecule has 0 aliphatic carbocycles. The summed E-state index contributed by atoms with van der Waals surface area (Å²) in [7, 11) is -4.04. The van der Waals surface area contributed by atoms with Gasteiger partial charge in [-0.2, -0.15) is 26.3 Å². The van der Waals surface area contributed by atoms with Crippen LogP contribution in [0.4, 0.5) is 32.2 Å². The van der Waals surface area contributed by atoms with Gasteiger partial charge in [0, 0.05) is 11.6 Å². The number of carbonyl (C=O) groups is 1. The summed E-state index contributed by atoms with van der Waals surface area (Å²) >= 11 is 0. The van der Waals surface area contributed by atoms with Crippen LogP contribution in [-0.4, -0.2) is 27.5 Å². The number of halogens is 6. The number of alkyl halides is 6. The van der Waals surface area contributed by atoms with E-state index < -0.39 is 49.8 Å². The van der Waals surface area contributed by atoms with Crippen LogP contribution in [0.15, 0.2) is 33.5 Å². The number of hydrogen-bond donors (Lipinski definition) is 1. The molecule has 1 aromatic carbocycles. The summed E-state index contributed by atoms with van der Waals surface area (Å²) in [5.74, 6) is -3.13. The highest BCUT2D eigenvalue weighted by Crippen LogP contribution is 2.36. The van der Waals surface area contributed by atoms with Crippen molar-refractivity contribution in [1.82, 2.24) is 4.98 Å². The van der Waals surface area contributed by atoms with Gasteiger partial charge in [0.15, 0.2) is 0 Å². The summed E-state index contributed by atoms with van der Waals surface area (Å²) in [5.41, 5.74) is 3.49. The molecule has 12 heteroatoms. The number of para-hydroxylation sites is 1. The standard InChI is InChI=1S/C13H9F6N3O2S/c1-25(24,22-11(23)13(17,18)19)8-5-9(20)21-10-6(8)3-2-4-7(10)12(14,15)16/h2-5H,1H3,(H2,20,21). The number of nitrogens with two attached hydrogens (primary N) is 1. The van der Waals surface area contributed by atoms with Gasteiger partial charge in [-0.25, -0.2) is 9.19 Å². The molecule has 2 aromatic rings. The SMILES string of the molecule is CS(=O)(=NC(=O)C(F)(F)F)c1cc(N)nc2c(C(F)(F)F)cccc12. The van der Waals surface area contributed by atoms with E-state index in [1.165, 1.54) is 0 Å². The average molecular weight is 385 g/mol. The first-order valence-corrected chi connectivity index (χ1v) is 8.25. The predicted octanol–water partition coefficient (Wildman–Crippen LogP) is 3.38. The molecule has 1 heterocycles. The van der Waals surface area contributed by atoms with Crippen LogP contribution < -0.4 is 5.73 Å². The molecule has 1 aromatic heterocycles. The lowest BCUT2D eigenvalue weighted by Gasteiger charge is -2.14. The van der Waals surface area contributed by atoms with E-state index in [-0.39, 0.29) is 5.39 Å². The number of fused-ring (bicyclic) bond motifs is 1. The molecule has 0 aliphatic rings. The van der Waals surface area contributed by atoms with Crippen LogP contribution in [0, 0.1) is 0 Å². The summed E-state index contributed by atoms with van der Waals surface area (Å²) in [4.78, 5) is 14.0. The van der Waals surface area contributed by atoms with Crippen molar-refractivity contribution in [3.8, 4) is 0 Å². The Labute approximate surface area is 137 Å². The molecule has 0 aliphatic heterocycles. The first-order valence-electron chi connectivity index (χ1n) is 6.33. The lowest BCUT2D eigenvalue weighted by Crippen LogP contribution is -2.22. The zero-order chi connectivity index (χ0) is 19.2. The van der Waals surface area contributed by atoms with Crippen molar-refractivity contribution in [1.29, 1.82) is 0 Å². The van der Waals surface area contributed by atoms with E-state index >= 15 is 0 Å². The Morgan fingerprint density at radius 2 is 1.80 bits per heavy atom. The Balaban J connectivity index is 2.86. The van der Waals surface area contributed by atoms with E-state index in [0.29, 0.717) is 12.3 Å². The average Bonchev–Trinajstić information content (AvgIpc) is 2.43. The number of nitrogens with zero attached hydrogens (tertiary/aromatic N) is 2. The quantitative estimate of drug-likeness (QED) is 0.763. The van der Waals surface area contributed by atoms with Crippen molar-refractivity contribution in [2.75, 3.05) is 12.0 Å². The Hall–Kier alpha value is -2.37. The van der Waals surface area contributed by atoms with Gasteiger partial charge < -0.3 is 5.73 Å². The molecule has 25 heavy (non-hydrogen) atoms. The monoisotopic (exact) mass is 385 g/mol. The van der Waals surface area contributed by atoms with Gasteiger partial charge in [0.05, 0.1) is 25.7 Å². The minimum atomic E-state index is -5.37. The second-order valence-corrected chi connectivity index (χ2v) is 7.17. The molecule has 1 atom stereocenters. The van der Waals surface area contributed by atoms with Crippen LogP contribution >= 0.6 is 0 Å². The topological polar surface area (TPSA) is 85.4 Å². The molecule has 2 N–H and O–H groups in total. The number of pyridine rings is 1. The number of hydrogen-bond acceptors (Lipinski definition) is 4. The van der Waals surface area contributed by atoms with E-state index in [4.69, 9.17) is 5.73 Å². The fourth-order valence-electron chi connectivity index (χ4n) is 2.04. The number of nitrogen functional groups attached to an aromatic ring is 1. The number of anilines is 1. The Kier molecular flexibility index (Phi) is 4.45. The Morgan fingerprint density at radius 3 is 2.32 bits per heavy atom. The van der Waals surface area contributed by atoms with Gasteiger partial charge in [-0.3, -0.25) is 4.79 Å². The molecule has 0 fully saturated rings. The minimum Gasteiger partial charge on any atom is -0.384 e. The van der Waals surface area contributed by atoms with E-state index in [1.54, 1.807) is 0 Å². The third-order valence-corrected chi connectivity index (χ3v) is 4.70. The molecular formula is C13H9F6N3O2S. The van der Waals surface area contributed by atoms with Crippen LogP contribution in [-0.2, 0) is 20.7 Å². The van der Waals surface area contributed by atoms with Gasteiger partial charge in [-0.05, 0) is 12.1 Å². The van der Waals surface area contributed by atoms with E-state index in [2.05, 4.69) is 9.35 Å². The van der Waals surface area contributed by atoms with Crippen molar-refractivity contribution in [2.45, 2.75) is 17.2 Å². The normalized spacial score (nSPS) is 15.0. The van der Waals surface area contributed by atoms with Gasteiger partial charge in [-0.1, -0.05) is 12.1 Å². The predicted molar refractivity (Wildman–Crippen MR) is 77.0 cm³/mol. The maximum absolute atomic E-state index is 13.1. The smallest absolute Gasteiger partial charge is 0.384 e. The van der Waals surface area contributed by atoms with Crippen molar-refractivity contribution >= 4 is 32.4 Å². The second kappa shape index (κ2) is 5.86. The van der Waals surface area contributed by atoms with Crippen molar-refractivity contribution in [2.24, 2.45) is 4.36 Å². The van der Waals surface area contributed by atoms with Crippen LogP contribution in [0.2, 0.25) is 0 Å². The summed E-state index contributed by atoms with van der Waals surface area (Å²) in [6, 6.07) is 3.56. The number of amides is 1. The van der Waals surface area contributed by atoms with E-state index in [0.717, 1.165) is 18.2 Å². The zero-order valence-electron chi connectivity index (χ0n) is 12.3. The fourth-order valence-corrected chi connectivity index (χ4v) is 3.47. The lowest BCUT2D eigenvalue weighted by molar-refractivity contribution is -0.169. The number of rotatable bonds is 1. The lowest BCUT2D eigenvalue weighted by atomic mass is 10.1. The van der Waals surface area contributed by atoms with Crippen LogP contribution in [0.3, 0.4) is 0 Å².